The van der Waals surface area contributed by atoms with E-state index in [1.54, 1.807) is 0 Å². The van der Waals surface area contributed by atoms with Crippen molar-refractivity contribution >= 4 is 28.6 Å². The summed E-state index contributed by atoms with van der Waals surface area (Å²) in [6.07, 6.45) is -2.05. The predicted octanol–water partition coefficient (Wildman–Crippen LogP) is 6.99. The molecule has 1 aliphatic rings. The number of esters is 1. The monoisotopic (exact) mass is 493 g/mol. The number of carbonyl (C=O) groups excluding carboxylic acids is 1. The van der Waals surface area contributed by atoms with Gasteiger partial charge in [0.05, 0.1) is 23.7 Å². The van der Waals surface area contributed by atoms with Crippen molar-refractivity contribution in [1.82, 2.24) is 9.55 Å². The summed E-state index contributed by atoms with van der Waals surface area (Å²) in [7, 11) is 1.18. The molecule has 4 rings (SSSR count). The predicted molar refractivity (Wildman–Crippen MR) is 123 cm³/mol. The third kappa shape index (κ3) is 5.52. The molecule has 35 heavy (non-hydrogen) atoms. The molecule has 1 saturated carbocycles. The minimum atomic E-state index is -4.78. The Bertz CT molecular complexity index is 1240. The number of nitrogens with zero attached hydrogens (tertiary/aromatic N) is 2. The molecular formula is C25H27F4N3O3. The van der Waals surface area contributed by atoms with Crippen molar-refractivity contribution in [2.24, 2.45) is 11.3 Å². The smallest absolute Gasteiger partial charge is 0.465 e. The summed E-state index contributed by atoms with van der Waals surface area (Å²) < 4.78 is 62.9. The molecule has 1 aliphatic carbocycles. The van der Waals surface area contributed by atoms with Gasteiger partial charge in [-0.25, -0.2) is 14.2 Å². The fourth-order valence-corrected chi connectivity index (χ4v) is 5.20. The zero-order chi connectivity index (χ0) is 25.5. The number of aromatic nitrogens is 2. The maximum absolute atomic E-state index is 14.9. The Hall–Kier alpha value is -3.30. The molecule has 10 heteroatoms. The van der Waals surface area contributed by atoms with E-state index in [0.717, 1.165) is 19.3 Å². The lowest BCUT2D eigenvalue weighted by atomic mass is 9.70. The fraction of sp³-hybridized carbons (Fsp3) is 0.440. The van der Waals surface area contributed by atoms with E-state index in [2.05, 4.69) is 40.5 Å². The summed E-state index contributed by atoms with van der Waals surface area (Å²) in [4.78, 5) is 16.6. The van der Waals surface area contributed by atoms with Crippen molar-refractivity contribution in [2.75, 3.05) is 12.4 Å². The standard InChI is InChI=1S/C25H27F4N3O3/c1-14-9-16(13-24(2,3)12-14)32-21-11-19(26)18(22(33)34-4)10-20(21)31-23(32)30-15-5-7-17(8-6-15)35-25(27,28)29/h5-8,10-11,14,16H,9,12-13H2,1-4H3,(H,30,31)/t14-,16-/m1/s1. The van der Waals surface area contributed by atoms with Gasteiger partial charge in [0.1, 0.15) is 11.6 Å². The van der Waals surface area contributed by atoms with Crippen LogP contribution in [-0.4, -0.2) is 29.0 Å². The van der Waals surface area contributed by atoms with Crippen LogP contribution in [0.25, 0.3) is 11.0 Å². The number of benzene rings is 2. The van der Waals surface area contributed by atoms with E-state index in [-0.39, 0.29) is 22.8 Å². The van der Waals surface area contributed by atoms with Crippen LogP contribution in [-0.2, 0) is 4.74 Å². The van der Waals surface area contributed by atoms with Gasteiger partial charge in [0, 0.05) is 17.8 Å². The van der Waals surface area contributed by atoms with Crippen molar-refractivity contribution in [3.8, 4) is 5.75 Å². The lowest BCUT2D eigenvalue weighted by molar-refractivity contribution is -0.274. The van der Waals surface area contributed by atoms with Crippen LogP contribution in [0.1, 0.15) is 56.4 Å². The van der Waals surface area contributed by atoms with Crippen molar-refractivity contribution in [2.45, 2.75) is 52.4 Å². The van der Waals surface area contributed by atoms with Crippen LogP contribution < -0.4 is 10.1 Å². The minimum Gasteiger partial charge on any atom is -0.465 e. The number of hydrogen-bond donors (Lipinski definition) is 1. The van der Waals surface area contributed by atoms with E-state index in [1.807, 2.05) is 4.57 Å². The number of nitrogens with one attached hydrogen (secondary N) is 1. The number of imidazole rings is 1. The van der Waals surface area contributed by atoms with Crippen LogP contribution in [0.5, 0.6) is 5.75 Å². The van der Waals surface area contributed by atoms with Crippen molar-refractivity contribution in [3.63, 3.8) is 0 Å². The molecule has 1 aromatic heterocycles. The lowest BCUT2D eigenvalue weighted by Gasteiger charge is -2.40. The minimum absolute atomic E-state index is 0.00235. The van der Waals surface area contributed by atoms with E-state index in [9.17, 15) is 22.4 Å². The van der Waals surface area contributed by atoms with Crippen LogP contribution in [0.4, 0.5) is 29.2 Å². The second-order valence-electron chi connectivity index (χ2n) is 9.88. The molecule has 0 unspecified atom stereocenters. The Morgan fingerprint density at radius 3 is 2.46 bits per heavy atom. The summed E-state index contributed by atoms with van der Waals surface area (Å²) >= 11 is 0. The van der Waals surface area contributed by atoms with Crippen LogP contribution in [0.3, 0.4) is 0 Å². The zero-order valence-electron chi connectivity index (χ0n) is 19.9. The molecule has 0 radical (unpaired) electrons. The first-order chi connectivity index (χ1) is 16.3. The molecule has 1 heterocycles. The first-order valence-electron chi connectivity index (χ1n) is 11.3. The normalized spacial score (nSPS) is 20.0. The topological polar surface area (TPSA) is 65.4 Å². The number of halogens is 4. The Morgan fingerprint density at radius 2 is 1.86 bits per heavy atom. The molecule has 0 aliphatic heterocycles. The highest BCUT2D eigenvalue weighted by Crippen LogP contribution is 2.46. The molecular weight excluding hydrogens is 466 g/mol. The largest absolute Gasteiger partial charge is 0.573 e. The Morgan fingerprint density at radius 1 is 1.17 bits per heavy atom. The maximum atomic E-state index is 14.9. The maximum Gasteiger partial charge on any atom is 0.573 e. The van der Waals surface area contributed by atoms with E-state index < -0.39 is 18.1 Å². The summed E-state index contributed by atoms with van der Waals surface area (Å²) in [5.74, 6) is -1.04. The van der Waals surface area contributed by atoms with E-state index in [1.165, 1.54) is 43.5 Å². The van der Waals surface area contributed by atoms with E-state index in [0.29, 0.717) is 28.6 Å². The molecule has 0 amide bonds. The van der Waals surface area contributed by atoms with Gasteiger partial charge in [0.15, 0.2) is 0 Å². The SMILES string of the molecule is COC(=O)c1cc2nc(Nc3ccc(OC(F)(F)F)cc3)n([C@@H]3C[C@@H](C)CC(C)(C)C3)c2cc1F. The van der Waals surface area contributed by atoms with Gasteiger partial charge >= 0.3 is 12.3 Å². The second kappa shape index (κ2) is 9.05. The van der Waals surface area contributed by atoms with Crippen LogP contribution in [0, 0.1) is 17.2 Å². The summed E-state index contributed by atoms with van der Waals surface area (Å²) in [6.45, 7) is 6.56. The number of anilines is 2. The van der Waals surface area contributed by atoms with Gasteiger partial charge in [0.25, 0.3) is 0 Å². The molecule has 3 aromatic rings. The number of hydrogen-bond acceptors (Lipinski definition) is 5. The zero-order valence-corrected chi connectivity index (χ0v) is 19.9. The summed E-state index contributed by atoms with van der Waals surface area (Å²) in [5.41, 5.74) is 1.24. The number of rotatable bonds is 5. The lowest BCUT2D eigenvalue weighted by Crippen LogP contribution is -2.29. The second-order valence-corrected chi connectivity index (χ2v) is 9.88. The van der Waals surface area contributed by atoms with Crippen molar-refractivity contribution < 1.29 is 31.8 Å². The highest BCUT2D eigenvalue weighted by atomic mass is 19.4. The van der Waals surface area contributed by atoms with E-state index in [4.69, 9.17) is 0 Å². The molecule has 0 spiro atoms. The third-order valence-electron chi connectivity index (χ3n) is 6.26. The average molecular weight is 494 g/mol. The quantitative estimate of drug-likeness (QED) is 0.307. The molecule has 0 saturated heterocycles. The number of alkyl halides is 3. The fourth-order valence-electron chi connectivity index (χ4n) is 5.20. The molecule has 2 aromatic carbocycles. The number of carbonyl (C=O) groups is 1. The highest BCUT2D eigenvalue weighted by Gasteiger charge is 2.35. The first-order valence-corrected chi connectivity index (χ1v) is 11.3. The summed E-state index contributed by atoms with van der Waals surface area (Å²) in [5, 5.41) is 3.15. The molecule has 2 atom stereocenters. The van der Waals surface area contributed by atoms with Crippen LogP contribution in [0.2, 0.25) is 0 Å². The Kier molecular flexibility index (Phi) is 6.42. The van der Waals surface area contributed by atoms with Crippen molar-refractivity contribution in [3.05, 3.63) is 47.8 Å². The van der Waals surface area contributed by atoms with Gasteiger partial charge in [-0.15, -0.1) is 13.2 Å². The van der Waals surface area contributed by atoms with Gasteiger partial charge < -0.3 is 19.4 Å². The molecule has 6 nitrogen and oxygen atoms in total. The van der Waals surface area contributed by atoms with Gasteiger partial charge in [-0.05, 0) is 60.9 Å². The van der Waals surface area contributed by atoms with Crippen LogP contribution in [0.15, 0.2) is 36.4 Å². The molecule has 0 bridgehead atoms. The first kappa shape index (κ1) is 24.8. The van der Waals surface area contributed by atoms with Gasteiger partial charge in [-0.3, -0.25) is 0 Å². The molecule has 188 valence electrons. The average Bonchev–Trinajstić information content (AvgIpc) is 3.08. The van der Waals surface area contributed by atoms with E-state index >= 15 is 0 Å². The molecule has 1 N–H and O–H groups in total. The van der Waals surface area contributed by atoms with Gasteiger partial charge in [0.2, 0.25) is 5.95 Å². The highest BCUT2D eigenvalue weighted by molar-refractivity contribution is 5.94. The Balaban J connectivity index is 1.77. The van der Waals surface area contributed by atoms with Gasteiger partial charge in [-0.2, -0.15) is 0 Å². The number of fused-ring (bicyclic) bond motifs is 1. The molecule has 1 fully saturated rings. The van der Waals surface area contributed by atoms with Crippen molar-refractivity contribution in [1.29, 1.82) is 0 Å². The summed E-state index contributed by atoms with van der Waals surface area (Å²) in [6, 6.07) is 7.92. The third-order valence-corrected chi connectivity index (χ3v) is 6.26. The van der Waals surface area contributed by atoms with Crippen LogP contribution >= 0.6 is 0 Å². The van der Waals surface area contributed by atoms with Gasteiger partial charge in [-0.1, -0.05) is 20.8 Å². The number of methoxy groups -OCH3 is 1. The number of ether oxygens (including phenoxy) is 2. The Labute approximate surface area is 200 Å².